The van der Waals surface area contributed by atoms with Crippen LogP contribution in [0.2, 0.25) is 0 Å². The van der Waals surface area contributed by atoms with Gasteiger partial charge >= 0.3 is 0 Å². The van der Waals surface area contributed by atoms with Gasteiger partial charge in [-0.25, -0.2) is 0 Å². The Kier molecular flexibility index (Phi) is 3.48. The molecule has 108 valence electrons. The second kappa shape index (κ2) is 5.44. The maximum absolute atomic E-state index is 11.0. The molecule has 1 saturated carbocycles. The van der Waals surface area contributed by atoms with Crippen LogP contribution in [0.15, 0.2) is 42.5 Å². The SMILES string of the molecule is O=[N+]([O-])c1cc(O)ccc1NCc1ccccc1C1CC1. The number of nitro groups is 1. The summed E-state index contributed by atoms with van der Waals surface area (Å²) < 4.78 is 0. The Balaban J connectivity index is 1.81. The minimum atomic E-state index is -0.491. The number of anilines is 1. The first-order chi connectivity index (χ1) is 10.1. The zero-order valence-electron chi connectivity index (χ0n) is 11.5. The Morgan fingerprint density at radius 1 is 1.24 bits per heavy atom. The van der Waals surface area contributed by atoms with Crippen LogP contribution >= 0.6 is 0 Å². The molecule has 0 radical (unpaired) electrons. The van der Waals surface area contributed by atoms with Crippen molar-refractivity contribution >= 4 is 11.4 Å². The van der Waals surface area contributed by atoms with Gasteiger partial charge < -0.3 is 10.4 Å². The molecule has 0 unspecified atom stereocenters. The molecule has 2 aromatic rings. The van der Waals surface area contributed by atoms with Crippen LogP contribution in [-0.4, -0.2) is 10.0 Å². The van der Waals surface area contributed by atoms with E-state index in [9.17, 15) is 15.2 Å². The molecule has 3 rings (SSSR count). The predicted molar refractivity (Wildman–Crippen MR) is 80.5 cm³/mol. The van der Waals surface area contributed by atoms with Crippen LogP contribution in [0, 0.1) is 10.1 Å². The Hall–Kier alpha value is -2.56. The number of nitro benzene ring substituents is 1. The van der Waals surface area contributed by atoms with E-state index < -0.39 is 4.92 Å². The number of nitrogens with one attached hydrogen (secondary N) is 1. The van der Waals surface area contributed by atoms with Crippen molar-refractivity contribution in [3.05, 3.63) is 63.7 Å². The fourth-order valence-electron chi connectivity index (χ4n) is 2.50. The molecule has 5 nitrogen and oxygen atoms in total. The first kappa shape index (κ1) is 13.4. The standard InChI is InChI=1S/C16H16N2O3/c19-13-7-8-15(16(9-13)18(20)21)17-10-12-3-1-2-4-14(12)11-5-6-11/h1-4,7-9,11,17,19H,5-6,10H2. The van der Waals surface area contributed by atoms with E-state index in [1.807, 2.05) is 18.2 Å². The summed E-state index contributed by atoms with van der Waals surface area (Å²) in [6.07, 6.45) is 2.44. The number of benzene rings is 2. The van der Waals surface area contributed by atoms with Gasteiger partial charge in [-0.1, -0.05) is 24.3 Å². The van der Waals surface area contributed by atoms with Crippen molar-refractivity contribution in [2.45, 2.75) is 25.3 Å². The molecule has 1 fully saturated rings. The van der Waals surface area contributed by atoms with Gasteiger partial charge in [0.1, 0.15) is 11.4 Å². The summed E-state index contributed by atoms with van der Waals surface area (Å²) in [5.41, 5.74) is 2.80. The molecule has 0 saturated heterocycles. The lowest BCUT2D eigenvalue weighted by Crippen LogP contribution is -2.04. The lowest BCUT2D eigenvalue weighted by molar-refractivity contribution is -0.384. The lowest BCUT2D eigenvalue weighted by Gasteiger charge is -2.11. The molecule has 1 aliphatic rings. The van der Waals surface area contributed by atoms with Crippen molar-refractivity contribution in [3.8, 4) is 5.75 Å². The van der Waals surface area contributed by atoms with Gasteiger partial charge in [-0.3, -0.25) is 10.1 Å². The summed E-state index contributed by atoms with van der Waals surface area (Å²) in [6, 6.07) is 12.3. The molecule has 2 N–H and O–H groups in total. The number of aromatic hydroxyl groups is 1. The summed E-state index contributed by atoms with van der Waals surface area (Å²) in [7, 11) is 0. The molecule has 5 heteroatoms. The number of hydrogen-bond acceptors (Lipinski definition) is 4. The Morgan fingerprint density at radius 2 is 2.00 bits per heavy atom. The number of phenolic OH excluding ortho intramolecular Hbond substituents is 1. The van der Waals surface area contributed by atoms with Crippen LogP contribution in [0.3, 0.4) is 0 Å². The van der Waals surface area contributed by atoms with E-state index >= 15 is 0 Å². The highest BCUT2D eigenvalue weighted by atomic mass is 16.6. The normalized spacial score (nSPS) is 13.9. The first-order valence-electron chi connectivity index (χ1n) is 6.94. The molecule has 0 aromatic heterocycles. The van der Waals surface area contributed by atoms with Crippen molar-refractivity contribution in [3.63, 3.8) is 0 Å². The highest BCUT2D eigenvalue weighted by Crippen LogP contribution is 2.41. The van der Waals surface area contributed by atoms with Crippen LogP contribution in [0.4, 0.5) is 11.4 Å². The topological polar surface area (TPSA) is 75.4 Å². The average molecular weight is 284 g/mol. The first-order valence-corrected chi connectivity index (χ1v) is 6.94. The maximum Gasteiger partial charge on any atom is 0.296 e. The van der Waals surface area contributed by atoms with Gasteiger partial charge in [-0.05, 0) is 42.0 Å². The minimum absolute atomic E-state index is 0.106. The lowest BCUT2D eigenvalue weighted by atomic mass is 10.0. The second-order valence-corrected chi connectivity index (χ2v) is 5.29. The van der Waals surface area contributed by atoms with E-state index in [4.69, 9.17) is 0 Å². The van der Waals surface area contributed by atoms with Crippen molar-refractivity contribution in [2.24, 2.45) is 0 Å². The number of nitrogens with zero attached hydrogens (tertiary/aromatic N) is 1. The van der Waals surface area contributed by atoms with Crippen molar-refractivity contribution in [1.82, 2.24) is 0 Å². The molecular formula is C16H16N2O3. The fourth-order valence-corrected chi connectivity index (χ4v) is 2.50. The summed E-state index contributed by atoms with van der Waals surface area (Å²) in [5.74, 6) is 0.531. The largest absolute Gasteiger partial charge is 0.508 e. The second-order valence-electron chi connectivity index (χ2n) is 5.29. The average Bonchev–Trinajstić information content (AvgIpc) is 3.30. The van der Waals surface area contributed by atoms with E-state index in [0.717, 1.165) is 6.07 Å². The summed E-state index contributed by atoms with van der Waals surface area (Å²) >= 11 is 0. The van der Waals surface area contributed by atoms with E-state index in [1.165, 1.54) is 36.1 Å². The van der Waals surface area contributed by atoms with Crippen molar-refractivity contribution < 1.29 is 10.0 Å². The van der Waals surface area contributed by atoms with Crippen LogP contribution in [0.25, 0.3) is 0 Å². The quantitative estimate of drug-likeness (QED) is 0.497. The number of hydrogen-bond donors (Lipinski definition) is 2. The van der Waals surface area contributed by atoms with Crippen LogP contribution in [-0.2, 0) is 6.54 Å². The van der Waals surface area contributed by atoms with Crippen LogP contribution in [0.1, 0.15) is 29.9 Å². The fraction of sp³-hybridized carbons (Fsp3) is 0.250. The van der Waals surface area contributed by atoms with Gasteiger partial charge in [0.15, 0.2) is 0 Å². The summed E-state index contributed by atoms with van der Waals surface area (Å²) in [6.45, 7) is 0.540. The zero-order chi connectivity index (χ0) is 14.8. The molecule has 0 amide bonds. The van der Waals surface area contributed by atoms with E-state index in [1.54, 1.807) is 0 Å². The van der Waals surface area contributed by atoms with Crippen LogP contribution < -0.4 is 5.32 Å². The van der Waals surface area contributed by atoms with Gasteiger partial charge in [-0.15, -0.1) is 0 Å². The highest BCUT2D eigenvalue weighted by molar-refractivity contribution is 5.63. The molecule has 2 aromatic carbocycles. The molecule has 1 aliphatic carbocycles. The van der Waals surface area contributed by atoms with E-state index in [-0.39, 0.29) is 11.4 Å². The summed E-state index contributed by atoms with van der Waals surface area (Å²) in [5, 5.41) is 23.5. The molecule has 0 bridgehead atoms. The molecule has 0 atom stereocenters. The van der Waals surface area contributed by atoms with Crippen molar-refractivity contribution in [1.29, 1.82) is 0 Å². The van der Waals surface area contributed by atoms with Gasteiger partial charge in [0.05, 0.1) is 11.0 Å². The molecule has 0 aliphatic heterocycles. The smallest absolute Gasteiger partial charge is 0.296 e. The Bertz CT molecular complexity index is 681. The van der Waals surface area contributed by atoms with Gasteiger partial charge in [0.2, 0.25) is 0 Å². The highest BCUT2D eigenvalue weighted by Gasteiger charge is 2.25. The Labute approximate surface area is 122 Å². The number of phenols is 1. The van der Waals surface area contributed by atoms with Crippen molar-refractivity contribution in [2.75, 3.05) is 5.32 Å². The van der Waals surface area contributed by atoms with Gasteiger partial charge in [-0.2, -0.15) is 0 Å². The molecule has 0 spiro atoms. The molecular weight excluding hydrogens is 268 g/mol. The maximum atomic E-state index is 11.0. The summed E-state index contributed by atoms with van der Waals surface area (Å²) in [4.78, 5) is 10.5. The molecule has 21 heavy (non-hydrogen) atoms. The third-order valence-electron chi connectivity index (χ3n) is 3.72. The molecule has 0 heterocycles. The third-order valence-corrected chi connectivity index (χ3v) is 3.72. The van der Waals surface area contributed by atoms with E-state index in [0.29, 0.717) is 18.2 Å². The predicted octanol–water partition coefficient (Wildman–Crippen LogP) is 3.79. The number of rotatable bonds is 5. The van der Waals surface area contributed by atoms with Crippen LogP contribution in [0.5, 0.6) is 5.75 Å². The monoisotopic (exact) mass is 284 g/mol. The minimum Gasteiger partial charge on any atom is -0.508 e. The van der Waals surface area contributed by atoms with Gasteiger partial charge in [0, 0.05) is 6.54 Å². The van der Waals surface area contributed by atoms with E-state index in [2.05, 4.69) is 11.4 Å². The van der Waals surface area contributed by atoms with Gasteiger partial charge in [0.25, 0.3) is 5.69 Å². The zero-order valence-corrected chi connectivity index (χ0v) is 11.5. The Morgan fingerprint density at radius 3 is 2.71 bits per heavy atom. The third kappa shape index (κ3) is 2.97.